The average Bonchev–Trinajstić information content (AvgIpc) is 2.38. The highest BCUT2D eigenvalue weighted by Crippen LogP contribution is 2.34. The molecule has 0 amide bonds. The molecule has 0 radical (unpaired) electrons. The van der Waals surface area contributed by atoms with E-state index in [1.165, 1.54) is 24.4 Å². The lowest BCUT2D eigenvalue weighted by molar-refractivity contribution is 0.385. The van der Waals surface area contributed by atoms with Crippen LogP contribution >= 0.6 is 11.8 Å². The lowest BCUT2D eigenvalue weighted by Crippen LogP contribution is -2.26. The molecule has 0 atom stereocenters. The molecule has 0 saturated carbocycles. The number of allylic oxidation sites excluding steroid dienone is 1. The van der Waals surface area contributed by atoms with Crippen LogP contribution in [0.2, 0.25) is 0 Å². The first-order chi connectivity index (χ1) is 9.11. The fourth-order valence-electron chi connectivity index (χ4n) is 2.33. The van der Waals surface area contributed by atoms with Gasteiger partial charge in [-0.1, -0.05) is 6.08 Å². The maximum atomic E-state index is 13.8. The molecule has 19 heavy (non-hydrogen) atoms. The number of hydrogen-bond acceptors (Lipinski definition) is 4. The quantitative estimate of drug-likeness (QED) is 0.833. The van der Waals surface area contributed by atoms with E-state index in [0.29, 0.717) is 5.75 Å². The Balaban J connectivity index is 2.26. The summed E-state index contributed by atoms with van der Waals surface area (Å²) in [6.07, 6.45) is 5.11. The maximum Gasteiger partial charge on any atom is 0.165 e. The van der Waals surface area contributed by atoms with Gasteiger partial charge in [0, 0.05) is 5.75 Å². The van der Waals surface area contributed by atoms with Crippen molar-refractivity contribution in [2.45, 2.75) is 24.8 Å². The van der Waals surface area contributed by atoms with E-state index < -0.39 is 0 Å². The zero-order chi connectivity index (χ0) is 13.8. The van der Waals surface area contributed by atoms with Gasteiger partial charge in [-0.3, -0.25) is 0 Å². The number of hydrogen-bond donors (Lipinski definition) is 2. The fraction of sp³-hybridized carbons (Fsp3) is 0.429. The van der Waals surface area contributed by atoms with Crippen molar-refractivity contribution in [3.8, 4) is 5.75 Å². The molecule has 0 aromatic heterocycles. The van der Waals surface area contributed by atoms with Gasteiger partial charge in [0.05, 0.1) is 7.11 Å². The number of methoxy groups -OCH3 is 1. The van der Waals surface area contributed by atoms with Crippen molar-refractivity contribution in [3.05, 3.63) is 35.2 Å². The highest BCUT2D eigenvalue weighted by atomic mass is 32.2. The number of thioether (sulfide) groups is 1. The van der Waals surface area contributed by atoms with Crippen LogP contribution in [-0.2, 0) is 6.42 Å². The maximum absolute atomic E-state index is 13.8. The highest BCUT2D eigenvalue weighted by Gasteiger charge is 2.17. The number of halogens is 1. The molecule has 0 saturated heterocycles. The Morgan fingerprint density at radius 1 is 1.42 bits per heavy atom. The van der Waals surface area contributed by atoms with Crippen LogP contribution in [0.25, 0.3) is 5.57 Å². The molecule has 2 rings (SSSR count). The van der Waals surface area contributed by atoms with E-state index in [4.69, 9.17) is 16.2 Å². The van der Waals surface area contributed by atoms with E-state index >= 15 is 0 Å². The Kier molecular flexibility index (Phi) is 4.85. The molecule has 0 spiro atoms. The summed E-state index contributed by atoms with van der Waals surface area (Å²) >= 11 is 1.47. The van der Waals surface area contributed by atoms with Gasteiger partial charge in [0.2, 0.25) is 0 Å². The minimum atomic E-state index is -0.368. The van der Waals surface area contributed by atoms with Gasteiger partial charge >= 0.3 is 0 Å². The minimum Gasteiger partial charge on any atom is -0.494 e. The molecular formula is C14H19FN2OS. The molecule has 0 heterocycles. The third kappa shape index (κ3) is 3.49. The van der Waals surface area contributed by atoms with Crippen molar-refractivity contribution in [1.29, 1.82) is 0 Å². The summed E-state index contributed by atoms with van der Waals surface area (Å²) in [4.78, 5) is 0. The van der Waals surface area contributed by atoms with Crippen LogP contribution in [-0.4, -0.2) is 18.4 Å². The van der Waals surface area contributed by atoms with Crippen LogP contribution in [0.5, 0.6) is 5.75 Å². The smallest absolute Gasteiger partial charge is 0.165 e. The minimum absolute atomic E-state index is 0.308. The van der Waals surface area contributed by atoms with E-state index in [2.05, 4.69) is 6.08 Å². The van der Waals surface area contributed by atoms with Gasteiger partial charge in [0.15, 0.2) is 11.6 Å². The topological polar surface area (TPSA) is 61.3 Å². The summed E-state index contributed by atoms with van der Waals surface area (Å²) in [5, 5.41) is 0. The predicted octanol–water partition coefficient (Wildman–Crippen LogP) is 2.49. The van der Waals surface area contributed by atoms with Gasteiger partial charge < -0.3 is 16.2 Å². The van der Waals surface area contributed by atoms with Crippen LogP contribution in [0.3, 0.4) is 0 Å². The van der Waals surface area contributed by atoms with Crippen molar-refractivity contribution in [1.82, 2.24) is 0 Å². The molecule has 5 heteroatoms. The molecule has 1 aliphatic carbocycles. The summed E-state index contributed by atoms with van der Waals surface area (Å²) in [6.45, 7) is 0. The van der Waals surface area contributed by atoms with Crippen LogP contribution in [0, 0.1) is 5.82 Å². The Labute approximate surface area is 117 Å². The summed E-state index contributed by atoms with van der Waals surface area (Å²) in [5.74, 6) is 0.760. The Bertz CT molecular complexity index is 489. The first kappa shape index (κ1) is 14.4. The molecule has 1 aromatic carbocycles. The van der Waals surface area contributed by atoms with E-state index in [0.717, 1.165) is 36.1 Å². The summed E-state index contributed by atoms with van der Waals surface area (Å²) < 4.78 is 18.8. The lowest BCUT2D eigenvalue weighted by atomic mass is 9.87. The van der Waals surface area contributed by atoms with Crippen molar-refractivity contribution >= 4 is 17.3 Å². The predicted molar refractivity (Wildman–Crippen MR) is 78.5 cm³/mol. The molecule has 0 aliphatic heterocycles. The standard InChI is InChI=1S/C14H19FN2OS/c1-18-13-7-10-4-2-3-9(5-6-19-14(16)17)11(10)8-12(13)15/h5,7-8,14H,2-4,6,16-17H2,1H3/b9-5+. The number of aryl methyl sites for hydroxylation is 1. The highest BCUT2D eigenvalue weighted by molar-refractivity contribution is 7.99. The molecule has 0 fully saturated rings. The second-order valence-electron chi connectivity index (χ2n) is 4.52. The van der Waals surface area contributed by atoms with Crippen LogP contribution in [0.1, 0.15) is 24.0 Å². The third-order valence-electron chi connectivity index (χ3n) is 3.23. The monoisotopic (exact) mass is 282 g/mol. The van der Waals surface area contributed by atoms with Gasteiger partial charge in [-0.25, -0.2) is 4.39 Å². The van der Waals surface area contributed by atoms with Crippen molar-refractivity contribution < 1.29 is 9.13 Å². The largest absolute Gasteiger partial charge is 0.494 e. The average molecular weight is 282 g/mol. The fourth-order valence-corrected chi connectivity index (χ4v) is 2.85. The number of fused-ring (bicyclic) bond motifs is 1. The molecule has 1 aromatic rings. The molecule has 0 bridgehead atoms. The third-order valence-corrected chi connectivity index (χ3v) is 3.98. The van der Waals surface area contributed by atoms with E-state index in [1.54, 1.807) is 12.1 Å². The van der Waals surface area contributed by atoms with Gasteiger partial charge in [0.1, 0.15) is 5.50 Å². The summed E-state index contributed by atoms with van der Waals surface area (Å²) in [7, 11) is 1.49. The second-order valence-corrected chi connectivity index (χ2v) is 5.74. The van der Waals surface area contributed by atoms with Gasteiger partial charge in [-0.05, 0) is 48.1 Å². The zero-order valence-electron chi connectivity index (χ0n) is 11.0. The number of ether oxygens (including phenoxy) is 1. The molecule has 0 unspecified atom stereocenters. The van der Waals surface area contributed by atoms with Gasteiger partial charge in [-0.2, -0.15) is 0 Å². The molecule has 104 valence electrons. The lowest BCUT2D eigenvalue weighted by Gasteiger charge is -2.20. The molecule has 4 N–H and O–H groups in total. The van der Waals surface area contributed by atoms with E-state index in [9.17, 15) is 4.39 Å². The van der Waals surface area contributed by atoms with E-state index in [-0.39, 0.29) is 11.3 Å². The Morgan fingerprint density at radius 2 is 2.21 bits per heavy atom. The van der Waals surface area contributed by atoms with Crippen LogP contribution in [0.4, 0.5) is 4.39 Å². The zero-order valence-corrected chi connectivity index (χ0v) is 11.8. The van der Waals surface area contributed by atoms with Gasteiger partial charge in [-0.15, -0.1) is 11.8 Å². The van der Waals surface area contributed by atoms with Crippen molar-refractivity contribution in [2.24, 2.45) is 11.5 Å². The summed E-state index contributed by atoms with van der Waals surface area (Å²) in [5.41, 5.74) is 14.0. The van der Waals surface area contributed by atoms with E-state index in [1.807, 2.05) is 0 Å². The second kappa shape index (κ2) is 6.41. The van der Waals surface area contributed by atoms with Gasteiger partial charge in [0.25, 0.3) is 0 Å². The Hall–Kier alpha value is -1.04. The number of nitrogens with two attached hydrogens (primary N) is 2. The summed E-state index contributed by atoms with van der Waals surface area (Å²) in [6, 6.07) is 3.38. The van der Waals surface area contributed by atoms with Crippen LogP contribution in [0.15, 0.2) is 18.2 Å². The first-order valence-electron chi connectivity index (χ1n) is 6.30. The molecule has 1 aliphatic rings. The van der Waals surface area contributed by atoms with Crippen molar-refractivity contribution in [3.63, 3.8) is 0 Å². The Morgan fingerprint density at radius 3 is 2.89 bits per heavy atom. The number of benzene rings is 1. The first-order valence-corrected chi connectivity index (χ1v) is 7.35. The van der Waals surface area contributed by atoms with Crippen LogP contribution < -0.4 is 16.2 Å². The SMILES string of the molecule is COc1cc2c(cc1F)/C(=C/CSC(N)N)CCC2. The number of rotatable bonds is 4. The normalized spacial score (nSPS) is 16.8. The molecule has 3 nitrogen and oxygen atoms in total. The van der Waals surface area contributed by atoms with Crippen molar-refractivity contribution in [2.75, 3.05) is 12.9 Å². The molecular weight excluding hydrogens is 263 g/mol.